The number of alkyl halides is 3. The number of amides is 1. The molecule has 4 aromatic rings. The third-order valence-electron chi connectivity index (χ3n) is 6.94. The summed E-state index contributed by atoms with van der Waals surface area (Å²) in [5.41, 5.74) is 5.68. The molecule has 1 aromatic heterocycles. The summed E-state index contributed by atoms with van der Waals surface area (Å²) in [6.07, 6.45) is 3.64. The van der Waals surface area contributed by atoms with Crippen molar-refractivity contribution in [3.63, 3.8) is 0 Å². The number of carbonyl (C=O) groups excluding carboxylic acids is 1. The van der Waals surface area contributed by atoms with E-state index in [1.807, 2.05) is 90.6 Å². The molecule has 0 saturated carbocycles. The predicted octanol–water partition coefficient (Wildman–Crippen LogP) is 6.90. The lowest BCUT2D eigenvalue weighted by molar-refractivity contribution is -0.245. The van der Waals surface area contributed by atoms with Crippen LogP contribution >= 0.6 is 46.6 Å². The minimum atomic E-state index is -2.01. The van der Waals surface area contributed by atoms with Gasteiger partial charge in [0.15, 0.2) is 11.4 Å². The molecular weight excluding hydrogens is 617 g/mol. The molecular formula is C31H30Cl3N3O4S. The summed E-state index contributed by atoms with van der Waals surface area (Å²) in [5, 5.41) is 13.0. The van der Waals surface area contributed by atoms with Crippen molar-refractivity contribution < 1.29 is 19.4 Å². The molecule has 11 heteroatoms. The molecule has 0 unspecified atom stereocenters. The monoisotopic (exact) mass is 645 g/mol. The van der Waals surface area contributed by atoms with Gasteiger partial charge < -0.3 is 24.5 Å². The number of aliphatic hydroxyl groups is 1. The van der Waals surface area contributed by atoms with Gasteiger partial charge in [-0.15, -0.1) is 0 Å². The van der Waals surface area contributed by atoms with E-state index in [0.717, 1.165) is 44.3 Å². The number of benzene rings is 3. The number of aliphatic hydroxyl groups excluding tert-OH is 1. The van der Waals surface area contributed by atoms with E-state index in [4.69, 9.17) is 44.3 Å². The van der Waals surface area contributed by atoms with E-state index in [0.29, 0.717) is 6.42 Å². The molecule has 1 saturated heterocycles. The average Bonchev–Trinajstić information content (AvgIpc) is 3.42. The number of ether oxygens (including phenoxy) is 2. The summed E-state index contributed by atoms with van der Waals surface area (Å²) < 4.78 is 12.9. The van der Waals surface area contributed by atoms with Gasteiger partial charge in [0.05, 0.1) is 18.8 Å². The Hall–Kier alpha value is -2.56. The summed E-state index contributed by atoms with van der Waals surface area (Å²) in [6.45, 7) is 0.236. The van der Waals surface area contributed by atoms with Crippen LogP contribution in [0.2, 0.25) is 0 Å². The molecule has 0 aliphatic carbocycles. The van der Waals surface area contributed by atoms with E-state index in [9.17, 15) is 9.90 Å². The highest BCUT2D eigenvalue weighted by Gasteiger charge is 2.33. The second kappa shape index (κ2) is 13.8. The summed E-state index contributed by atoms with van der Waals surface area (Å²) in [4.78, 5) is 16.3. The first kappa shape index (κ1) is 30.9. The molecule has 3 atom stereocenters. The highest BCUT2D eigenvalue weighted by Crippen LogP contribution is 2.39. The molecule has 3 aromatic carbocycles. The van der Waals surface area contributed by atoms with Gasteiger partial charge in [0.1, 0.15) is 0 Å². The number of hydrogen-bond donors (Lipinski definition) is 2. The smallest absolute Gasteiger partial charge is 0.272 e. The maximum Gasteiger partial charge on any atom is 0.272 e. The van der Waals surface area contributed by atoms with Gasteiger partial charge in [-0.3, -0.25) is 4.79 Å². The molecule has 7 nitrogen and oxygen atoms in total. The Labute approximate surface area is 264 Å². The van der Waals surface area contributed by atoms with Crippen LogP contribution in [-0.4, -0.2) is 36.2 Å². The van der Waals surface area contributed by atoms with E-state index in [2.05, 4.69) is 10.3 Å². The van der Waals surface area contributed by atoms with Crippen LogP contribution in [0.3, 0.4) is 0 Å². The van der Waals surface area contributed by atoms with Crippen LogP contribution in [0.4, 0.5) is 0 Å². The van der Waals surface area contributed by atoms with Crippen molar-refractivity contribution in [3.8, 4) is 11.1 Å². The molecule has 1 aliphatic heterocycles. The zero-order valence-corrected chi connectivity index (χ0v) is 25.8. The second-order valence-electron chi connectivity index (χ2n) is 9.98. The number of aromatic nitrogens is 2. The Balaban J connectivity index is 1.31. The molecule has 5 rings (SSSR count). The Kier molecular flexibility index (Phi) is 10.2. The predicted molar refractivity (Wildman–Crippen MR) is 166 cm³/mol. The van der Waals surface area contributed by atoms with Gasteiger partial charge >= 0.3 is 0 Å². The van der Waals surface area contributed by atoms with Gasteiger partial charge in [-0.2, -0.15) is 0 Å². The summed E-state index contributed by atoms with van der Waals surface area (Å²) >= 11 is 18.6. The lowest BCUT2D eigenvalue weighted by Crippen LogP contribution is -2.33. The van der Waals surface area contributed by atoms with Crippen molar-refractivity contribution in [1.29, 1.82) is 0 Å². The Morgan fingerprint density at radius 3 is 2.43 bits per heavy atom. The molecule has 1 aliphatic rings. The third-order valence-corrected chi connectivity index (χ3v) is 8.65. The number of halogens is 3. The second-order valence-corrected chi connectivity index (χ2v) is 13.3. The van der Waals surface area contributed by atoms with E-state index >= 15 is 0 Å². The first-order chi connectivity index (χ1) is 20.2. The van der Waals surface area contributed by atoms with Crippen molar-refractivity contribution in [1.82, 2.24) is 14.9 Å². The first-order valence-electron chi connectivity index (χ1n) is 13.3. The molecule has 0 bridgehead atoms. The quantitative estimate of drug-likeness (QED) is 0.152. The normalized spacial score (nSPS) is 19.0. The number of rotatable bonds is 9. The number of imidazole rings is 1. The van der Waals surface area contributed by atoms with Crippen molar-refractivity contribution in [2.24, 2.45) is 7.05 Å². The van der Waals surface area contributed by atoms with Gasteiger partial charge in [0, 0.05) is 43.7 Å². The van der Waals surface area contributed by atoms with Gasteiger partial charge in [-0.1, -0.05) is 113 Å². The average molecular weight is 647 g/mol. The van der Waals surface area contributed by atoms with Gasteiger partial charge in [-0.25, -0.2) is 4.98 Å². The van der Waals surface area contributed by atoms with Crippen LogP contribution in [0.15, 0.2) is 90.3 Å². The molecule has 2 heterocycles. The number of thioether (sulfide) groups is 1. The van der Waals surface area contributed by atoms with Crippen LogP contribution in [0.25, 0.3) is 11.1 Å². The Morgan fingerprint density at radius 1 is 1.02 bits per heavy atom. The van der Waals surface area contributed by atoms with E-state index in [1.54, 1.807) is 18.0 Å². The van der Waals surface area contributed by atoms with Crippen molar-refractivity contribution in [3.05, 3.63) is 107 Å². The van der Waals surface area contributed by atoms with Gasteiger partial charge in [0.2, 0.25) is 0 Å². The fourth-order valence-electron chi connectivity index (χ4n) is 4.66. The van der Waals surface area contributed by atoms with Crippen LogP contribution < -0.4 is 5.32 Å². The topological polar surface area (TPSA) is 85.6 Å². The zero-order chi connectivity index (χ0) is 29.7. The lowest BCUT2D eigenvalue weighted by atomic mass is 9.99. The van der Waals surface area contributed by atoms with E-state index in [-0.39, 0.29) is 25.4 Å². The zero-order valence-electron chi connectivity index (χ0n) is 22.8. The molecule has 0 spiro atoms. The Morgan fingerprint density at radius 2 is 1.76 bits per heavy atom. The SMILES string of the molecule is Cn1ccnc1SC[C@H]1C[C@@H](c2ccc(CO)cc2)O[C@@H](c2ccc(-c3cccc(CNC(=O)C(Cl)(Cl)Cl)c3)cc2)O1. The summed E-state index contributed by atoms with van der Waals surface area (Å²) in [7, 11) is 1.98. The van der Waals surface area contributed by atoms with Crippen molar-refractivity contribution in [2.75, 3.05) is 5.75 Å². The molecule has 1 amide bonds. The highest BCUT2D eigenvalue weighted by molar-refractivity contribution is 7.99. The molecule has 0 radical (unpaired) electrons. The van der Waals surface area contributed by atoms with Crippen molar-refractivity contribution >= 4 is 52.5 Å². The number of nitrogens with zero attached hydrogens (tertiary/aromatic N) is 2. The summed E-state index contributed by atoms with van der Waals surface area (Å²) in [6, 6.07) is 23.7. The van der Waals surface area contributed by atoms with Crippen LogP contribution in [0.1, 0.15) is 41.1 Å². The number of carbonyl (C=O) groups is 1. The van der Waals surface area contributed by atoms with Crippen LogP contribution in [0.5, 0.6) is 0 Å². The largest absolute Gasteiger partial charge is 0.392 e. The third kappa shape index (κ3) is 7.88. The number of hydrogen-bond acceptors (Lipinski definition) is 6. The number of nitrogens with one attached hydrogen (secondary N) is 1. The van der Waals surface area contributed by atoms with Crippen molar-refractivity contribution in [2.45, 2.75) is 47.0 Å². The lowest BCUT2D eigenvalue weighted by Gasteiger charge is -2.36. The summed E-state index contributed by atoms with van der Waals surface area (Å²) in [5.74, 6) is 0.0596. The standard InChI is InChI=1S/C31H30Cl3N3O4S/c1-37-14-13-35-30(37)42-19-26-16-27(23-7-5-20(18-38)6-8-23)41-28(40-26)24-11-9-22(10-12-24)25-4-2-3-21(15-25)17-36-29(39)31(32,33)34/h2-15,26-28,38H,16-19H2,1H3,(H,36,39)/t26-,27+,28+/m1/s1. The highest BCUT2D eigenvalue weighted by atomic mass is 35.6. The molecule has 42 heavy (non-hydrogen) atoms. The van der Waals surface area contributed by atoms with E-state index in [1.165, 1.54) is 0 Å². The number of aryl methyl sites for hydroxylation is 1. The van der Waals surface area contributed by atoms with Crippen LogP contribution in [0, 0.1) is 0 Å². The maximum absolute atomic E-state index is 11.9. The van der Waals surface area contributed by atoms with Crippen LogP contribution in [-0.2, 0) is 34.5 Å². The fourth-order valence-corrected chi connectivity index (χ4v) is 5.81. The van der Waals surface area contributed by atoms with Gasteiger partial charge in [-0.05, 0) is 33.9 Å². The first-order valence-corrected chi connectivity index (χ1v) is 15.5. The molecule has 1 fully saturated rings. The minimum absolute atomic E-state index is 0.000674. The minimum Gasteiger partial charge on any atom is -0.392 e. The maximum atomic E-state index is 11.9. The van der Waals surface area contributed by atoms with Gasteiger partial charge in [0.25, 0.3) is 9.70 Å². The Bertz CT molecular complexity index is 1490. The fraction of sp³-hybridized carbons (Fsp3) is 0.290. The van der Waals surface area contributed by atoms with E-state index < -0.39 is 16.0 Å². The molecule has 2 N–H and O–H groups in total. The molecule has 220 valence electrons.